The van der Waals surface area contributed by atoms with E-state index in [4.69, 9.17) is 21.1 Å². The van der Waals surface area contributed by atoms with Crippen molar-refractivity contribution in [2.75, 3.05) is 12.0 Å². The fraction of sp³-hybridized carbons (Fsp3) is 0.130. The van der Waals surface area contributed by atoms with Crippen molar-refractivity contribution in [1.29, 1.82) is 0 Å². The van der Waals surface area contributed by atoms with Gasteiger partial charge in [0.15, 0.2) is 10.8 Å². The van der Waals surface area contributed by atoms with Gasteiger partial charge in [0.1, 0.15) is 17.4 Å². The molecule has 0 spiro atoms. The molecule has 2 aromatic heterocycles. The highest BCUT2D eigenvalue weighted by Gasteiger charge is 2.22. The van der Waals surface area contributed by atoms with Crippen LogP contribution in [0, 0.1) is 0 Å². The predicted molar refractivity (Wildman–Crippen MR) is 130 cm³/mol. The monoisotopic (exact) mass is 499 g/mol. The van der Waals surface area contributed by atoms with E-state index in [1.807, 2.05) is 24.3 Å². The van der Waals surface area contributed by atoms with E-state index in [1.165, 1.54) is 34.5 Å². The molecule has 1 amide bonds. The second kappa shape index (κ2) is 10.1. The number of thiazole rings is 2. The van der Waals surface area contributed by atoms with Crippen molar-refractivity contribution in [1.82, 2.24) is 9.97 Å². The first-order chi connectivity index (χ1) is 16.0. The number of rotatable bonds is 7. The normalized spacial score (nSPS) is 10.6. The molecule has 0 saturated heterocycles. The lowest BCUT2D eigenvalue weighted by Crippen LogP contribution is -2.23. The highest BCUT2D eigenvalue weighted by atomic mass is 35.5. The number of anilines is 2. The van der Waals surface area contributed by atoms with Crippen LogP contribution < -0.4 is 9.64 Å². The summed E-state index contributed by atoms with van der Waals surface area (Å²) in [6.45, 7) is 1.41. The molecule has 0 atom stereocenters. The van der Waals surface area contributed by atoms with E-state index >= 15 is 0 Å². The molecule has 0 fully saturated rings. The molecule has 4 rings (SSSR count). The molecule has 0 unspecified atom stereocenters. The van der Waals surface area contributed by atoms with Gasteiger partial charge in [-0.15, -0.1) is 22.7 Å². The van der Waals surface area contributed by atoms with Gasteiger partial charge in [0, 0.05) is 28.3 Å². The molecule has 4 aromatic rings. The molecular weight excluding hydrogens is 482 g/mol. The molecule has 7 nitrogen and oxygen atoms in total. The van der Waals surface area contributed by atoms with E-state index in [0.717, 1.165) is 5.56 Å². The summed E-state index contributed by atoms with van der Waals surface area (Å²) in [7, 11) is 1.54. The molecule has 168 valence electrons. The quantitative estimate of drug-likeness (QED) is 0.291. The van der Waals surface area contributed by atoms with Crippen molar-refractivity contribution in [3.8, 4) is 16.3 Å². The SMILES string of the molecule is COc1ccccc1N(C(C)=O)c1nc(COC(=O)c2csc(-c3cccc(Cl)c3)n2)cs1. The van der Waals surface area contributed by atoms with Gasteiger partial charge in [-0.3, -0.25) is 9.69 Å². The number of ether oxygens (including phenoxy) is 2. The summed E-state index contributed by atoms with van der Waals surface area (Å²) < 4.78 is 10.8. The van der Waals surface area contributed by atoms with Crippen molar-refractivity contribution in [3.63, 3.8) is 0 Å². The number of nitrogens with zero attached hydrogens (tertiary/aromatic N) is 3. The number of aromatic nitrogens is 2. The average molecular weight is 500 g/mol. The Kier molecular flexibility index (Phi) is 7.02. The Morgan fingerprint density at radius 3 is 2.64 bits per heavy atom. The van der Waals surface area contributed by atoms with E-state index < -0.39 is 5.97 Å². The summed E-state index contributed by atoms with van der Waals surface area (Å²) in [5.74, 6) is -0.217. The van der Waals surface area contributed by atoms with Gasteiger partial charge in [-0.25, -0.2) is 14.8 Å². The lowest BCUT2D eigenvalue weighted by atomic mass is 10.2. The predicted octanol–water partition coefficient (Wildman–Crippen LogP) is 5.97. The smallest absolute Gasteiger partial charge is 0.358 e. The van der Waals surface area contributed by atoms with Crippen LogP contribution in [0.5, 0.6) is 5.75 Å². The Balaban J connectivity index is 1.45. The topological polar surface area (TPSA) is 81.6 Å². The van der Waals surface area contributed by atoms with Gasteiger partial charge in [0.05, 0.1) is 18.5 Å². The van der Waals surface area contributed by atoms with Gasteiger partial charge in [-0.2, -0.15) is 0 Å². The molecule has 0 N–H and O–H groups in total. The van der Waals surface area contributed by atoms with Gasteiger partial charge in [-0.1, -0.05) is 35.9 Å². The molecule has 0 aliphatic rings. The third-order valence-corrected chi connectivity index (χ3v) is 6.51. The molecular formula is C23H18ClN3O4S2. The fourth-order valence-corrected chi connectivity index (χ4v) is 4.86. The van der Waals surface area contributed by atoms with Gasteiger partial charge < -0.3 is 9.47 Å². The van der Waals surface area contributed by atoms with Crippen LogP contribution in [0.15, 0.2) is 59.3 Å². The summed E-state index contributed by atoms with van der Waals surface area (Å²) >= 11 is 8.63. The van der Waals surface area contributed by atoms with Crippen molar-refractivity contribution < 1.29 is 19.1 Å². The van der Waals surface area contributed by atoms with Gasteiger partial charge >= 0.3 is 5.97 Å². The van der Waals surface area contributed by atoms with Crippen molar-refractivity contribution >= 4 is 57.0 Å². The molecule has 0 radical (unpaired) electrons. The van der Waals surface area contributed by atoms with E-state index in [0.29, 0.717) is 32.3 Å². The molecule has 2 aromatic carbocycles. The van der Waals surface area contributed by atoms with Crippen LogP contribution >= 0.6 is 34.3 Å². The largest absolute Gasteiger partial charge is 0.495 e. The molecule has 0 aliphatic heterocycles. The Hall–Kier alpha value is -3.27. The Labute approximate surface area is 203 Å². The maximum atomic E-state index is 12.5. The number of halogens is 1. The highest BCUT2D eigenvalue weighted by molar-refractivity contribution is 7.14. The number of benzene rings is 2. The molecule has 33 heavy (non-hydrogen) atoms. The Morgan fingerprint density at radius 1 is 1.06 bits per heavy atom. The number of amides is 1. The Bertz CT molecular complexity index is 1300. The number of methoxy groups -OCH3 is 1. The maximum Gasteiger partial charge on any atom is 0.358 e. The zero-order valence-corrected chi connectivity index (χ0v) is 20.0. The highest BCUT2D eigenvalue weighted by Crippen LogP contribution is 2.35. The van der Waals surface area contributed by atoms with Crippen molar-refractivity contribution in [3.05, 3.63) is 75.7 Å². The minimum absolute atomic E-state index is 0.0446. The number of carbonyl (C=O) groups is 2. The maximum absolute atomic E-state index is 12.5. The van der Waals surface area contributed by atoms with Crippen LogP contribution in [0.2, 0.25) is 5.02 Å². The van der Waals surface area contributed by atoms with E-state index in [1.54, 1.807) is 42.1 Å². The van der Waals surface area contributed by atoms with E-state index in [-0.39, 0.29) is 18.2 Å². The average Bonchev–Trinajstić information content (AvgIpc) is 3.48. The van der Waals surface area contributed by atoms with Crippen LogP contribution in [0.1, 0.15) is 23.1 Å². The molecule has 0 aliphatic carbocycles. The van der Waals surface area contributed by atoms with E-state index in [9.17, 15) is 9.59 Å². The number of hydrogen-bond donors (Lipinski definition) is 0. The number of hydrogen-bond acceptors (Lipinski definition) is 8. The third-order valence-electron chi connectivity index (χ3n) is 4.51. The number of para-hydroxylation sites is 2. The number of esters is 1. The lowest BCUT2D eigenvalue weighted by Gasteiger charge is -2.20. The Morgan fingerprint density at radius 2 is 1.88 bits per heavy atom. The zero-order valence-electron chi connectivity index (χ0n) is 17.6. The molecule has 0 bridgehead atoms. The summed E-state index contributed by atoms with van der Waals surface area (Å²) in [5, 5.41) is 5.11. The van der Waals surface area contributed by atoms with Gasteiger partial charge in [-0.05, 0) is 24.3 Å². The minimum Gasteiger partial charge on any atom is -0.495 e. The van der Waals surface area contributed by atoms with E-state index in [2.05, 4.69) is 9.97 Å². The molecule has 10 heteroatoms. The zero-order chi connectivity index (χ0) is 23.4. The van der Waals surface area contributed by atoms with Crippen molar-refractivity contribution in [2.24, 2.45) is 0 Å². The summed E-state index contributed by atoms with van der Waals surface area (Å²) in [6.07, 6.45) is 0. The van der Waals surface area contributed by atoms with Crippen molar-refractivity contribution in [2.45, 2.75) is 13.5 Å². The summed E-state index contributed by atoms with van der Waals surface area (Å²) in [5.41, 5.74) is 2.15. The minimum atomic E-state index is -0.553. The van der Waals surface area contributed by atoms with Crippen LogP contribution in [0.4, 0.5) is 10.8 Å². The van der Waals surface area contributed by atoms with Crippen LogP contribution in [-0.2, 0) is 16.1 Å². The fourth-order valence-electron chi connectivity index (χ4n) is 3.02. The second-order valence-electron chi connectivity index (χ2n) is 6.77. The van der Waals surface area contributed by atoms with Crippen LogP contribution in [0.3, 0.4) is 0 Å². The molecule has 0 saturated carbocycles. The summed E-state index contributed by atoms with van der Waals surface area (Å²) in [6, 6.07) is 14.4. The van der Waals surface area contributed by atoms with Crippen LogP contribution in [0.25, 0.3) is 10.6 Å². The third kappa shape index (κ3) is 5.22. The lowest BCUT2D eigenvalue weighted by molar-refractivity contribution is -0.115. The first-order valence-corrected chi connectivity index (χ1v) is 11.9. The number of carbonyl (C=O) groups excluding carboxylic acids is 2. The first-order valence-electron chi connectivity index (χ1n) is 9.73. The summed E-state index contributed by atoms with van der Waals surface area (Å²) in [4.78, 5) is 35.1. The standard InChI is InChI=1S/C23H18ClN3O4S2/c1-14(28)27(19-8-3-4-9-20(19)30-2)23-25-17(12-33-23)11-31-22(29)18-13-32-21(26-18)15-6-5-7-16(24)10-15/h3-10,12-13H,11H2,1-2H3. The van der Waals surface area contributed by atoms with Gasteiger partial charge in [0.25, 0.3) is 0 Å². The van der Waals surface area contributed by atoms with Crippen LogP contribution in [-0.4, -0.2) is 29.0 Å². The first kappa shape index (κ1) is 22.9. The second-order valence-corrected chi connectivity index (χ2v) is 8.90. The van der Waals surface area contributed by atoms with Gasteiger partial charge in [0.2, 0.25) is 5.91 Å². The molecule has 2 heterocycles.